The van der Waals surface area contributed by atoms with Crippen molar-refractivity contribution in [3.05, 3.63) is 0 Å². The summed E-state index contributed by atoms with van der Waals surface area (Å²) >= 11 is 0. The highest BCUT2D eigenvalue weighted by Gasteiger charge is 2.46. The molecule has 1 N–H and O–H groups in total. The Morgan fingerprint density at radius 3 is 2.65 bits per heavy atom. The first-order chi connectivity index (χ1) is 9.41. The summed E-state index contributed by atoms with van der Waals surface area (Å²) in [6, 6.07) is 0.217. The second-order valence-corrected chi connectivity index (χ2v) is 7.12. The number of piperidine rings is 1. The van der Waals surface area contributed by atoms with Gasteiger partial charge in [0.15, 0.2) is 0 Å². The van der Waals surface area contributed by atoms with E-state index >= 15 is 0 Å². The second kappa shape index (κ2) is 6.02. The Kier molecular flexibility index (Phi) is 4.75. The van der Waals surface area contributed by atoms with Crippen molar-refractivity contribution in [1.29, 1.82) is 0 Å². The molecule has 1 saturated heterocycles. The van der Waals surface area contributed by atoms with Crippen LogP contribution in [0, 0.1) is 5.92 Å². The van der Waals surface area contributed by atoms with Gasteiger partial charge in [0.05, 0.1) is 12.6 Å². The average molecular weight is 282 g/mol. The molecule has 2 fully saturated rings. The maximum atomic E-state index is 12.7. The van der Waals surface area contributed by atoms with Crippen molar-refractivity contribution in [3.63, 3.8) is 0 Å². The molecular weight excluding hydrogens is 252 g/mol. The molecule has 1 aliphatic heterocycles. The first-order valence-corrected chi connectivity index (χ1v) is 8.05. The average Bonchev–Trinajstić information content (AvgIpc) is 2.81. The van der Waals surface area contributed by atoms with E-state index in [1.54, 1.807) is 0 Å². The van der Waals surface area contributed by atoms with Crippen molar-refractivity contribution >= 4 is 5.91 Å². The largest absolute Gasteiger partial charge is 0.394 e. The van der Waals surface area contributed by atoms with Gasteiger partial charge in [-0.2, -0.15) is 0 Å². The van der Waals surface area contributed by atoms with E-state index < -0.39 is 0 Å². The lowest BCUT2D eigenvalue weighted by Gasteiger charge is -2.46. The highest BCUT2D eigenvalue weighted by atomic mass is 16.3. The van der Waals surface area contributed by atoms with Gasteiger partial charge in [-0.1, -0.05) is 6.92 Å². The molecule has 1 heterocycles. The molecule has 0 bridgehead atoms. The Hall–Kier alpha value is -0.610. The Balaban J connectivity index is 2.15. The Bertz CT molecular complexity index is 358. The number of carbonyl (C=O) groups is 1. The second-order valence-electron chi connectivity index (χ2n) is 7.12. The quantitative estimate of drug-likeness (QED) is 0.856. The van der Waals surface area contributed by atoms with E-state index in [9.17, 15) is 9.90 Å². The molecule has 4 heteroatoms. The molecule has 4 nitrogen and oxygen atoms in total. The van der Waals surface area contributed by atoms with E-state index in [0.717, 1.165) is 38.6 Å². The van der Waals surface area contributed by atoms with Crippen LogP contribution >= 0.6 is 0 Å². The highest BCUT2D eigenvalue weighted by molar-refractivity contribution is 5.83. The van der Waals surface area contributed by atoms with Gasteiger partial charge in [-0.25, -0.2) is 0 Å². The van der Waals surface area contributed by atoms with Gasteiger partial charge in [0.2, 0.25) is 5.91 Å². The number of carbonyl (C=O) groups excluding carboxylic acids is 1. The van der Waals surface area contributed by atoms with Gasteiger partial charge in [-0.3, -0.25) is 9.69 Å². The lowest BCUT2D eigenvalue weighted by Crippen LogP contribution is -2.60. The molecule has 116 valence electrons. The van der Waals surface area contributed by atoms with Crippen LogP contribution in [0.5, 0.6) is 0 Å². The first kappa shape index (κ1) is 15.8. The van der Waals surface area contributed by atoms with E-state index in [4.69, 9.17) is 0 Å². The number of hydrogen-bond acceptors (Lipinski definition) is 3. The third kappa shape index (κ3) is 2.73. The van der Waals surface area contributed by atoms with Crippen molar-refractivity contribution < 1.29 is 9.90 Å². The molecule has 0 aromatic carbocycles. The monoisotopic (exact) mass is 282 g/mol. The number of likely N-dealkylation sites (tertiary alicyclic amines) is 1. The number of aliphatic hydroxyl groups excluding tert-OH is 1. The van der Waals surface area contributed by atoms with Crippen molar-refractivity contribution in [2.45, 2.75) is 70.5 Å². The van der Waals surface area contributed by atoms with Gasteiger partial charge in [0.25, 0.3) is 0 Å². The minimum atomic E-state index is -0.181. The summed E-state index contributed by atoms with van der Waals surface area (Å²) in [7, 11) is 2.04. The molecule has 3 atom stereocenters. The molecule has 20 heavy (non-hydrogen) atoms. The van der Waals surface area contributed by atoms with Crippen LogP contribution in [0.4, 0.5) is 0 Å². The molecule has 1 saturated carbocycles. The number of amides is 1. The van der Waals surface area contributed by atoms with E-state index in [0.29, 0.717) is 5.92 Å². The van der Waals surface area contributed by atoms with Crippen LogP contribution in [0.25, 0.3) is 0 Å². The predicted octanol–water partition coefficient (Wildman–Crippen LogP) is 1.87. The summed E-state index contributed by atoms with van der Waals surface area (Å²) in [4.78, 5) is 16.9. The normalized spacial score (nSPS) is 35.4. The van der Waals surface area contributed by atoms with Crippen LogP contribution < -0.4 is 0 Å². The number of aliphatic hydroxyl groups is 1. The van der Waals surface area contributed by atoms with Crippen LogP contribution in [-0.4, -0.2) is 58.6 Å². The van der Waals surface area contributed by atoms with E-state index in [1.807, 2.05) is 11.9 Å². The molecule has 0 aromatic heterocycles. The fourth-order valence-electron chi connectivity index (χ4n) is 4.03. The zero-order chi connectivity index (χ0) is 14.9. The van der Waals surface area contributed by atoms with Crippen molar-refractivity contribution in [2.24, 2.45) is 5.92 Å². The van der Waals surface area contributed by atoms with Gasteiger partial charge < -0.3 is 10.0 Å². The fourth-order valence-corrected chi connectivity index (χ4v) is 4.03. The smallest absolute Gasteiger partial charge is 0.240 e. The molecule has 0 unspecified atom stereocenters. The molecule has 1 aliphatic carbocycles. The van der Waals surface area contributed by atoms with Crippen LogP contribution in [0.15, 0.2) is 0 Å². The zero-order valence-electron chi connectivity index (χ0n) is 13.4. The van der Waals surface area contributed by atoms with Gasteiger partial charge >= 0.3 is 0 Å². The standard InChI is InChI=1S/C16H30N2O2/c1-12(2)18-9-5-6-14(15(18)20)17(4)16(11-19)8-7-13(3)10-16/h12-14,19H,5-11H2,1-4H3/t13-,14-,16-/m1/s1. The third-order valence-corrected chi connectivity index (χ3v) is 5.41. The van der Waals surface area contributed by atoms with Gasteiger partial charge in [0, 0.05) is 18.1 Å². The molecule has 1 amide bonds. The van der Waals surface area contributed by atoms with Crippen LogP contribution in [0.2, 0.25) is 0 Å². The van der Waals surface area contributed by atoms with Crippen LogP contribution in [0.1, 0.15) is 52.9 Å². The third-order valence-electron chi connectivity index (χ3n) is 5.41. The lowest BCUT2D eigenvalue weighted by atomic mass is 9.90. The van der Waals surface area contributed by atoms with Crippen molar-refractivity contribution in [1.82, 2.24) is 9.80 Å². The molecule has 2 aliphatic rings. The van der Waals surface area contributed by atoms with E-state index in [2.05, 4.69) is 25.7 Å². The van der Waals surface area contributed by atoms with Gasteiger partial charge in [0.1, 0.15) is 0 Å². The minimum absolute atomic E-state index is 0.0522. The maximum absolute atomic E-state index is 12.7. The topological polar surface area (TPSA) is 43.8 Å². The van der Waals surface area contributed by atoms with Crippen LogP contribution in [-0.2, 0) is 4.79 Å². The molecular formula is C16H30N2O2. The van der Waals surface area contributed by atoms with E-state index in [-0.39, 0.29) is 30.1 Å². The van der Waals surface area contributed by atoms with Crippen molar-refractivity contribution in [2.75, 3.05) is 20.2 Å². The zero-order valence-corrected chi connectivity index (χ0v) is 13.4. The summed E-state index contributed by atoms with van der Waals surface area (Å²) in [5, 5.41) is 9.93. The lowest BCUT2D eigenvalue weighted by molar-refractivity contribution is -0.145. The number of likely N-dealkylation sites (N-methyl/N-ethyl adjacent to an activating group) is 1. The van der Waals surface area contributed by atoms with Gasteiger partial charge in [-0.05, 0) is 58.9 Å². The summed E-state index contributed by atoms with van der Waals surface area (Å²) in [5.41, 5.74) is -0.181. The van der Waals surface area contributed by atoms with Crippen molar-refractivity contribution in [3.8, 4) is 0 Å². The summed E-state index contributed by atoms with van der Waals surface area (Å²) in [6.45, 7) is 7.45. The summed E-state index contributed by atoms with van der Waals surface area (Å²) in [5.74, 6) is 0.894. The number of rotatable bonds is 4. The Morgan fingerprint density at radius 2 is 2.15 bits per heavy atom. The number of nitrogens with zero attached hydrogens (tertiary/aromatic N) is 2. The Morgan fingerprint density at radius 1 is 1.45 bits per heavy atom. The van der Waals surface area contributed by atoms with Crippen LogP contribution in [0.3, 0.4) is 0 Å². The van der Waals surface area contributed by atoms with Gasteiger partial charge in [-0.15, -0.1) is 0 Å². The number of hydrogen-bond donors (Lipinski definition) is 1. The molecule has 0 aromatic rings. The molecule has 2 rings (SSSR count). The molecule has 0 spiro atoms. The summed E-state index contributed by atoms with van der Waals surface area (Å²) in [6.07, 6.45) is 5.16. The van der Waals surface area contributed by atoms with E-state index in [1.165, 1.54) is 0 Å². The SMILES string of the molecule is CC(C)N1CCC[C@@H](N(C)[C@]2(CO)CC[C@@H](C)C2)C1=O. The molecule has 0 radical (unpaired) electrons. The summed E-state index contributed by atoms with van der Waals surface area (Å²) < 4.78 is 0. The fraction of sp³-hybridized carbons (Fsp3) is 0.938. The highest BCUT2D eigenvalue weighted by Crippen LogP contribution is 2.40. The predicted molar refractivity (Wildman–Crippen MR) is 80.5 cm³/mol. The maximum Gasteiger partial charge on any atom is 0.240 e. The first-order valence-electron chi connectivity index (χ1n) is 8.05. The minimum Gasteiger partial charge on any atom is -0.394 e. The Labute approximate surface area is 123 Å².